The Morgan fingerprint density at radius 1 is 1.07 bits per heavy atom. The van der Waals surface area contributed by atoms with Gasteiger partial charge in [-0.1, -0.05) is 30.3 Å². The number of benzene rings is 2. The average Bonchev–Trinajstić information content (AvgIpc) is 3.40. The molecule has 0 unspecified atom stereocenters. The lowest BCUT2D eigenvalue weighted by atomic mass is 9.91. The summed E-state index contributed by atoms with van der Waals surface area (Å²) in [6, 6.07) is 16.7. The van der Waals surface area contributed by atoms with Crippen LogP contribution in [0, 0.1) is 0 Å². The van der Waals surface area contributed by atoms with Crippen molar-refractivity contribution < 1.29 is 9.47 Å². The lowest BCUT2D eigenvalue weighted by Crippen LogP contribution is -2.36. The number of para-hydroxylation sites is 2. The van der Waals surface area contributed by atoms with Gasteiger partial charge in [-0.3, -0.25) is 10.00 Å². The van der Waals surface area contributed by atoms with Gasteiger partial charge in [-0.05, 0) is 30.2 Å². The zero-order chi connectivity index (χ0) is 19.8. The maximum atomic E-state index is 5.81. The van der Waals surface area contributed by atoms with Gasteiger partial charge in [0.25, 0.3) is 0 Å². The highest BCUT2D eigenvalue weighted by atomic mass is 16.5. The number of aromatic nitrogens is 3. The summed E-state index contributed by atoms with van der Waals surface area (Å²) in [7, 11) is 3.38. The summed E-state index contributed by atoms with van der Waals surface area (Å²) in [6.07, 6.45) is 2.80. The van der Waals surface area contributed by atoms with Crippen LogP contribution in [0.25, 0.3) is 10.9 Å². The number of fused-ring (bicyclic) bond motifs is 3. The van der Waals surface area contributed by atoms with Crippen molar-refractivity contribution in [2.45, 2.75) is 19.0 Å². The maximum Gasteiger partial charge on any atom is 0.165 e. The molecule has 3 heterocycles. The molecule has 5 rings (SSSR count). The van der Waals surface area contributed by atoms with Crippen LogP contribution in [-0.4, -0.2) is 40.8 Å². The first kappa shape index (κ1) is 17.8. The SMILES string of the molecule is COc1cccc([C@H]2c3[nH]c4ccccc4c3CCN2Cc2ccn[nH]2)c1OC. The van der Waals surface area contributed by atoms with Crippen molar-refractivity contribution in [3.63, 3.8) is 0 Å². The molecule has 6 heteroatoms. The third kappa shape index (κ3) is 2.96. The third-order valence-electron chi connectivity index (χ3n) is 5.79. The second kappa shape index (κ2) is 7.29. The number of methoxy groups -OCH3 is 2. The fourth-order valence-corrected chi connectivity index (χ4v) is 4.53. The van der Waals surface area contributed by atoms with Crippen molar-refractivity contribution in [2.75, 3.05) is 20.8 Å². The van der Waals surface area contributed by atoms with Crippen molar-refractivity contribution >= 4 is 10.9 Å². The van der Waals surface area contributed by atoms with E-state index in [2.05, 4.69) is 50.4 Å². The molecule has 0 bridgehead atoms. The van der Waals surface area contributed by atoms with Gasteiger partial charge in [0.05, 0.1) is 20.3 Å². The Bertz CT molecular complexity index is 1130. The highest BCUT2D eigenvalue weighted by Gasteiger charge is 2.34. The normalized spacial score (nSPS) is 16.7. The third-order valence-corrected chi connectivity index (χ3v) is 5.79. The van der Waals surface area contributed by atoms with E-state index in [0.717, 1.165) is 42.3 Å². The average molecular weight is 388 g/mol. The molecule has 0 amide bonds. The van der Waals surface area contributed by atoms with Crippen molar-refractivity contribution in [3.8, 4) is 11.5 Å². The molecule has 0 radical (unpaired) electrons. The number of H-pyrrole nitrogens is 2. The van der Waals surface area contributed by atoms with Crippen LogP contribution in [0.2, 0.25) is 0 Å². The molecule has 0 fully saturated rings. The Kier molecular flexibility index (Phi) is 4.48. The van der Waals surface area contributed by atoms with E-state index in [9.17, 15) is 0 Å². The van der Waals surface area contributed by atoms with E-state index >= 15 is 0 Å². The number of nitrogens with one attached hydrogen (secondary N) is 2. The van der Waals surface area contributed by atoms with Crippen molar-refractivity contribution in [2.24, 2.45) is 0 Å². The summed E-state index contributed by atoms with van der Waals surface area (Å²) >= 11 is 0. The smallest absolute Gasteiger partial charge is 0.165 e. The Hall–Kier alpha value is -3.25. The quantitative estimate of drug-likeness (QED) is 0.541. The van der Waals surface area contributed by atoms with Gasteiger partial charge in [0.1, 0.15) is 0 Å². The lowest BCUT2D eigenvalue weighted by molar-refractivity contribution is 0.195. The topological polar surface area (TPSA) is 66.2 Å². The standard InChI is InChI=1S/C23H24N4O2/c1-28-20-9-5-7-18(23(20)29-2)22-21-17(16-6-3-4-8-19(16)25-21)11-13-27(22)14-15-10-12-24-26-15/h3-10,12,22,25H,11,13-14H2,1-2H3,(H,24,26)/t22-/m0/s1. The first-order chi connectivity index (χ1) is 14.3. The summed E-state index contributed by atoms with van der Waals surface area (Å²) in [5, 5.41) is 8.52. The summed E-state index contributed by atoms with van der Waals surface area (Å²) in [4.78, 5) is 6.16. The molecule has 1 aliphatic heterocycles. The molecule has 0 saturated heterocycles. The van der Waals surface area contributed by atoms with E-state index in [0.29, 0.717) is 0 Å². The predicted octanol–water partition coefficient (Wildman–Crippen LogP) is 4.06. The number of rotatable bonds is 5. The van der Waals surface area contributed by atoms with Crippen molar-refractivity contribution in [3.05, 3.63) is 77.2 Å². The van der Waals surface area contributed by atoms with Gasteiger partial charge < -0.3 is 14.5 Å². The molecule has 29 heavy (non-hydrogen) atoms. The van der Waals surface area contributed by atoms with Gasteiger partial charge in [0, 0.05) is 47.1 Å². The molecule has 0 saturated carbocycles. The molecular weight excluding hydrogens is 364 g/mol. The zero-order valence-corrected chi connectivity index (χ0v) is 16.6. The van der Waals surface area contributed by atoms with E-state index in [1.807, 2.05) is 18.2 Å². The molecule has 1 atom stereocenters. The van der Waals surface area contributed by atoms with E-state index in [1.54, 1.807) is 20.4 Å². The van der Waals surface area contributed by atoms with Crippen LogP contribution in [0.4, 0.5) is 0 Å². The molecule has 6 nitrogen and oxygen atoms in total. The second-order valence-corrected chi connectivity index (χ2v) is 7.35. The van der Waals surface area contributed by atoms with E-state index in [4.69, 9.17) is 9.47 Å². The van der Waals surface area contributed by atoms with Crippen molar-refractivity contribution in [1.82, 2.24) is 20.1 Å². The van der Waals surface area contributed by atoms with Gasteiger partial charge >= 0.3 is 0 Å². The molecule has 4 aromatic rings. The Morgan fingerprint density at radius 3 is 2.76 bits per heavy atom. The Labute approximate surface area is 169 Å². The number of hydrogen-bond acceptors (Lipinski definition) is 4. The van der Waals surface area contributed by atoms with Crippen LogP contribution in [0.1, 0.15) is 28.6 Å². The Morgan fingerprint density at radius 2 is 1.97 bits per heavy atom. The molecule has 0 spiro atoms. The minimum absolute atomic E-state index is 0.0273. The summed E-state index contributed by atoms with van der Waals surface area (Å²) < 4.78 is 11.4. The van der Waals surface area contributed by atoms with Crippen LogP contribution < -0.4 is 9.47 Å². The molecule has 0 aliphatic carbocycles. The largest absolute Gasteiger partial charge is 0.493 e. The second-order valence-electron chi connectivity index (χ2n) is 7.35. The van der Waals surface area contributed by atoms with Crippen LogP contribution in [-0.2, 0) is 13.0 Å². The molecule has 2 N–H and O–H groups in total. The highest BCUT2D eigenvalue weighted by molar-refractivity contribution is 5.85. The van der Waals surface area contributed by atoms with E-state index in [1.165, 1.54) is 22.2 Å². The monoisotopic (exact) mass is 388 g/mol. The molecular formula is C23H24N4O2. The van der Waals surface area contributed by atoms with Crippen LogP contribution in [0.5, 0.6) is 11.5 Å². The van der Waals surface area contributed by atoms with E-state index in [-0.39, 0.29) is 6.04 Å². The fraction of sp³-hybridized carbons (Fsp3) is 0.261. The van der Waals surface area contributed by atoms with Gasteiger partial charge in [0.15, 0.2) is 11.5 Å². The first-order valence-electron chi connectivity index (χ1n) is 9.83. The lowest BCUT2D eigenvalue weighted by Gasteiger charge is -2.36. The van der Waals surface area contributed by atoms with Crippen LogP contribution in [0.3, 0.4) is 0 Å². The summed E-state index contributed by atoms with van der Waals surface area (Å²) in [5.41, 5.74) is 5.97. The minimum Gasteiger partial charge on any atom is -0.493 e. The first-order valence-corrected chi connectivity index (χ1v) is 9.83. The summed E-state index contributed by atoms with van der Waals surface area (Å²) in [6.45, 7) is 1.72. The molecule has 2 aromatic carbocycles. The maximum absolute atomic E-state index is 5.81. The van der Waals surface area contributed by atoms with Gasteiger partial charge in [-0.15, -0.1) is 0 Å². The zero-order valence-electron chi connectivity index (χ0n) is 16.6. The Balaban J connectivity index is 1.69. The highest BCUT2D eigenvalue weighted by Crippen LogP contribution is 2.44. The van der Waals surface area contributed by atoms with Gasteiger partial charge in [0.2, 0.25) is 0 Å². The number of aromatic amines is 2. The molecule has 148 valence electrons. The summed E-state index contributed by atoms with van der Waals surface area (Å²) in [5.74, 6) is 1.52. The van der Waals surface area contributed by atoms with Crippen molar-refractivity contribution in [1.29, 1.82) is 0 Å². The van der Waals surface area contributed by atoms with Crippen LogP contribution in [0.15, 0.2) is 54.7 Å². The number of nitrogens with zero attached hydrogens (tertiary/aromatic N) is 2. The van der Waals surface area contributed by atoms with Gasteiger partial charge in [-0.2, -0.15) is 5.10 Å². The van der Waals surface area contributed by atoms with Crippen LogP contribution >= 0.6 is 0 Å². The molecule has 1 aliphatic rings. The number of hydrogen-bond donors (Lipinski definition) is 2. The molecule has 2 aromatic heterocycles. The minimum atomic E-state index is 0.0273. The van der Waals surface area contributed by atoms with Gasteiger partial charge in [-0.25, -0.2) is 0 Å². The number of ether oxygens (including phenoxy) is 2. The van der Waals surface area contributed by atoms with E-state index < -0.39 is 0 Å². The predicted molar refractivity (Wildman–Crippen MR) is 112 cm³/mol. The fourth-order valence-electron chi connectivity index (χ4n) is 4.53.